The van der Waals surface area contributed by atoms with Gasteiger partial charge >= 0.3 is 0 Å². The van der Waals surface area contributed by atoms with Crippen molar-refractivity contribution in [1.82, 2.24) is 9.55 Å². The van der Waals surface area contributed by atoms with Gasteiger partial charge in [-0.2, -0.15) is 4.99 Å². The molecule has 0 radical (unpaired) electrons. The number of thiazole rings is 2. The Balaban J connectivity index is 1.74. The lowest BCUT2D eigenvalue weighted by Gasteiger charge is -2.08. The van der Waals surface area contributed by atoms with E-state index < -0.39 is 10.1 Å². The molecule has 0 aliphatic carbocycles. The van der Waals surface area contributed by atoms with Crippen LogP contribution in [0.3, 0.4) is 0 Å². The van der Waals surface area contributed by atoms with E-state index in [1.54, 1.807) is 6.07 Å². The first-order valence-corrected chi connectivity index (χ1v) is 12.6. The molecular weight excluding hydrogens is 473 g/mol. The van der Waals surface area contributed by atoms with Crippen LogP contribution in [-0.4, -0.2) is 28.3 Å². The second-order valence-electron chi connectivity index (χ2n) is 6.34. The lowest BCUT2D eigenvalue weighted by molar-refractivity contribution is 0.459. The third-order valence-corrected chi connectivity index (χ3v) is 7.45. The molecule has 2 aromatic carbocycles. The third-order valence-electron chi connectivity index (χ3n) is 4.20. The van der Waals surface area contributed by atoms with Gasteiger partial charge in [0.25, 0.3) is 0 Å². The van der Waals surface area contributed by atoms with E-state index in [0.717, 1.165) is 25.2 Å². The number of fused-ring (bicyclic) bond motifs is 2. The summed E-state index contributed by atoms with van der Waals surface area (Å²) in [6.07, 6.45) is 0.818. The van der Waals surface area contributed by atoms with Crippen molar-refractivity contribution >= 4 is 81.6 Å². The number of benzene rings is 2. The fraction of sp³-hybridized carbons (Fsp3) is 0.222. The molecule has 0 aliphatic rings. The normalized spacial score (nSPS) is 13.0. The molecule has 0 saturated carbocycles. The van der Waals surface area contributed by atoms with Gasteiger partial charge in [0.2, 0.25) is 5.13 Å². The SMILES string of the molecule is O=S(=O)([O-])CCCCn1/c(=N/c2nc3cc(Cl)ccc3s2)sc2ccc(Cl)cc21. The molecule has 0 fully saturated rings. The van der Waals surface area contributed by atoms with Crippen molar-refractivity contribution in [3.63, 3.8) is 0 Å². The van der Waals surface area contributed by atoms with Crippen LogP contribution in [0.1, 0.15) is 12.8 Å². The van der Waals surface area contributed by atoms with Gasteiger partial charge in [-0.1, -0.05) is 45.9 Å². The molecule has 29 heavy (non-hydrogen) atoms. The van der Waals surface area contributed by atoms with Gasteiger partial charge in [-0.3, -0.25) is 0 Å². The quantitative estimate of drug-likeness (QED) is 0.277. The van der Waals surface area contributed by atoms with Crippen LogP contribution in [-0.2, 0) is 16.7 Å². The van der Waals surface area contributed by atoms with Gasteiger partial charge < -0.3 is 9.12 Å². The molecule has 0 spiro atoms. The topological polar surface area (TPSA) is 87.4 Å². The van der Waals surface area contributed by atoms with Gasteiger partial charge in [0, 0.05) is 22.3 Å². The van der Waals surface area contributed by atoms with Crippen molar-refractivity contribution in [3.05, 3.63) is 51.2 Å². The molecule has 11 heteroatoms. The smallest absolute Gasteiger partial charge is 0.212 e. The molecule has 4 aromatic rings. The Morgan fingerprint density at radius 2 is 1.76 bits per heavy atom. The number of halogens is 2. The number of aromatic nitrogens is 2. The van der Waals surface area contributed by atoms with Gasteiger partial charge in [0.05, 0.1) is 30.6 Å². The third kappa shape index (κ3) is 4.99. The Bertz CT molecular complexity index is 1370. The van der Waals surface area contributed by atoms with Crippen molar-refractivity contribution in [1.29, 1.82) is 0 Å². The average molecular weight is 487 g/mol. The highest BCUT2D eigenvalue weighted by Gasteiger charge is 2.09. The van der Waals surface area contributed by atoms with E-state index in [-0.39, 0.29) is 12.2 Å². The van der Waals surface area contributed by atoms with E-state index in [2.05, 4.69) is 4.98 Å². The maximum Gasteiger partial charge on any atom is 0.212 e. The summed E-state index contributed by atoms with van der Waals surface area (Å²) in [4.78, 5) is 10.00. The Morgan fingerprint density at radius 1 is 1.03 bits per heavy atom. The van der Waals surface area contributed by atoms with Crippen molar-refractivity contribution in [2.24, 2.45) is 4.99 Å². The van der Waals surface area contributed by atoms with Crippen LogP contribution in [0.4, 0.5) is 5.13 Å². The Labute approximate surface area is 184 Å². The standard InChI is InChI=1S/C18H15Cl2N3O3S3/c19-11-3-5-15-13(9-11)21-17(27-15)22-18-23(7-1-2-8-29(24,25)26)14-10-12(20)4-6-16(14)28-18/h3-6,9-10H,1-2,7-8H2,(H,24,25,26)/p-1/b22-18-. The first-order chi connectivity index (χ1) is 13.8. The highest BCUT2D eigenvalue weighted by Crippen LogP contribution is 2.30. The van der Waals surface area contributed by atoms with Crippen molar-refractivity contribution in [2.45, 2.75) is 19.4 Å². The summed E-state index contributed by atoms with van der Waals surface area (Å²) in [5.41, 5.74) is 1.70. The van der Waals surface area contributed by atoms with E-state index in [9.17, 15) is 13.0 Å². The van der Waals surface area contributed by atoms with Gasteiger partial charge in [-0.25, -0.2) is 13.4 Å². The zero-order valence-electron chi connectivity index (χ0n) is 14.8. The zero-order valence-corrected chi connectivity index (χ0v) is 18.8. The summed E-state index contributed by atoms with van der Waals surface area (Å²) in [6.45, 7) is 0.519. The van der Waals surface area contributed by atoms with E-state index in [1.807, 2.05) is 34.9 Å². The van der Waals surface area contributed by atoms with Gasteiger partial charge in [-0.15, -0.1) is 0 Å². The average Bonchev–Trinajstić information content (AvgIpc) is 3.18. The molecule has 0 unspecified atom stereocenters. The largest absolute Gasteiger partial charge is 0.748 e. The number of nitrogens with zero attached hydrogens (tertiary/aromatic N) is 3. The first kappa shape index (κ1) is 20.8. The van der Waals surface area contributed by atoms with Crippen LogP contribution >= 0.6 is 45.9 Å². The number of hydrogen-bond donors (Lipinski definition) is 0. The zero-order chi connectivity index (χ0) is 20.6. The second kappa shape index (κ2) is 8.33. The molecule has 0 atom stereocenters. The van der Waals surface area contributed by atoms with Gasteiger partial charge in [0.1, 0.15) is 0 Å². The monoisotopic (exact) mass is 486 g/mol. The summed E-state index contributed by atoms with van der Waals surface area (Å²) in [7, 11) is -4.21. The molecule has 4 rings (SSSR count). The van der Waals surface area contributed by atoms with E-state index in [0.29, 0.717) is 28.1 Å². The molecule has 0 amide bonds. The summed E-state index contributed by atoms with van der Waals surface area (Å²) in [5.74, 6) is -0.374. The van der Waals surface area contributed by atoms with E-state index in [1.165, 1.54) is 22.7 Å². The Kier molecular flexibility index (Phi) is 5.97. The summed E-state index contributed by atoms with van der Waals surface area (Å²) in [6, 6.07) is 11.1. The molecule has 0 saturated heterocycles. The molecular formula is C18H14Cl2N3O3S3-. The maximum absolute atomic E-state index is 10.9. The van der Waals surface area contributed by atoms with Gasteiger partial charge in [-0.05, 0) is 49.2 Å². The minimum atomic E-state index is -4.21. The van der Waals surface area contributed by atoms with E-state index >= 15 is 0 Å². The molecule has 0 aliphatic heterocycles. The van der Waals surface area contributed by atoms with E-state index in [4.69, 9.17) is 28.2 Å². The van der Waals surface area contributed by atoms with Crippen LogP contribution in [0, 0.1) is 0 Å². The van der Waals surface area contributed by atoms with Crippen molar-refractivity contribution in [3.8, 4) is 0 Å². The minimum absolute atomic E-state index is 0.288. The van der Waals surface area contributed by atoms with Crippen LogP contribution < -0.4 is 4.80 Å². The number of unbranched alkanes of at least 4 members (excludes halogenated alkanes) is 1. The molecule has 6 nitrogen and oxygen atoms in total. The number of rotatable bonds is 6. The minimum Gasteiger partial charge on any atom is -0.748 e. The second-order valence-corrected chi connectivity index (χ2v) is 10.8. The van der Waals surface area contributed by atoms with Crippen molar-refractivity contribution < 1.29 is 13.0 Å². The lowest BCUT2D eigenvalue weighted by Crippen LogP contribution is -2.15. The fourth-order valence-corrected chi connectivity index (χ4v) is 5.71. The summed E-state index contributed by atoms with van der Waals surface area (Å²) in [5, 5.41) is 1.83. The summed E-state index contributed by atoms with van der Waals surface area (Å²) >= 11 is 15.2. The Morgan fingerprint density at radius 3 is 2.52 bits per heavy atom. The number of hydrogen-bond acceptors (Lipinski definition) is 7. The molecule has 2 heterocycles. The highest BCUT2D eigenvalue weighted by molar-refractivity contribution is 7.85. The first-order valence-electron chi connectivity index (χ1n) is 8.62. The lowest BCUT2D eigenvalue weighted by atomic mass is 10.3. The van der Waals surface area contributed by atoms with Crippen LogP contribution in [0.2, 0.25) is 10.0 Å². The Hall–Kier alpha value is -1.49. The fourth-order valence-electron chi connectivity index (χ4n) is 2.91. The highest BCUT2D eigenvalue weighted by atomic mass is 35.5. The predicted molar refractivity (Wildman–Crippen MR) is 118 cm³/mol. The molecule has 152 valence electrons. The van der Waals surface area contributed by atoms with Crippen molar-refractivity contribution in [2.75, 3.05) is 5.75 Å². The van der Waals surface area contributed by atoms with Crippen LogP contribution in [0.5, 0.6) is 0 Å². The predicted octanol–water partition coefficient (Wildman–Crippen LogP) is 5.18. The molecule has 0 N–H and O–H groups in total. The maximum atomic E-state index is 10.9. The number of aryl methyl sites for hydroxylation is 1. The van der Waals surface area contributed by atoms with Gasteiger partial charge in [0.15, 0.2) is 4.80 Å². The molecule has 0 bridgehead atoms. The summed E-state index contributed by atoms with van der Waals surface area (Å²) < 4.78 is 36.5. The molecule has 2 aromatic heterocycles. The van der Waals surface area contributed by atoms with Crippen LogP contribution in [0.15, 0.2) is 41.4 Å². The van der Waals surface area contributed by atoms with Crippen LogP contribution in [0.25, 0.3) is 20.4 Å².